The van der Waals surface area contributed by atoms with Crippen LogP contribution in [0.4, 0.5) is 11.9 Å². The van der Waals surface area contributed by atoms with E-state index < -0.39 is 0 Å². The molecule has 2 rings (SSSR count). The molecule has 0 unspecified atom stereocenters. The number of nitrogen functional groups attached to an aromatic ring is 1. The maximum absolute atomic E-state index is 5.37. The molecule has 0 atom stereocenters. The first kappa shape index (κ1) is 13.2. The van der Waals surface area contributed by atoms with E-state index in [-0.39, 0.29) is 5.95 Å². The molecule has 2 heterocycles. The Morgan fingerprint density at radius 1 is 1.42 bits per heavy atom. The maximum Gasteiger partial charge on any atom is 0.243 e. The summed E-state index contributed by atoms with van der Waals surface area (Å²) >= 11 is 0. The molecule has 19 heavy (non-hydrogen) atoms. The number of hydrogen-bond acceptors (Lipinski definition) is 8. The van der Waals surface area contributed by atoms with E-state index >= 15 is 0 Å². The Bertz CT molecular complexity index is 514. The van der Waals surface area contributed by atoms with Crippen LogP contribution in [0.2, 0.25) is 0 Å². The van der Waals surface area contributed by atoms with Crippen molar-refractivity contribution in [2.75, 3.05) is 37.6 Å². The smallest absolute Gasteiger partial charge is 0.243 e. The second kappa shape index (κ2) is 6.07. The number of anilines is 2. The van der Waals surface area contributed by atoms with Crippen molar-refractivity contribution in [1.29, 1.82) is 0 Å². The van der Waals surface area contributed by atoms with Crippen molar-refractivity contribution in [3.05, 3.63) is 18.7 Å². The van der Waals surface area contributed by atoms with Crippen molar-refractivity contribution in [3.8, 4) is 5.95 Å². The first-order chi connectivity index (χ1) is 9.24. The molecule has 0 aliphatic carbocycles. The lowest BCUT2D eigenvalue weighted by Crippen LogP contribution is -2.26. The predicted molar refractivity (Wildman–Crippen MR) is 69.9 cm³/mol. The third-order valence-corrected chi connectivity index (χ3v) is 2.45. The van der Waals surface area contributed by atoms with Crippen LogP contribution in [0.15, 0.2) is 18.7 Å². The van der Waals surface area contributed by atoms with Gasteiger partial charge in [-0.15, -0.1) is 0 Å². The van der Waals surface area contributed by atoms with E-state index in [1.807, 2.05) is 11.9 Å². The van der Waals surface area contributed by atoms with Gasteiger partial charge in [0.15, 0.2) is 0 Å². The van der Waals surface area contributed by atoms with Gasteiger partial charge in [0.1, 0.15) is 6.33 Å². The third-order valence-electron chi connectivity index (χ3n) is 2.45. The van der Waals surface area contributed by atoms with Crippen LogP contribution in [0, 0.1) is 0 Å². The summed E-state index contributed by atoms with van der Waals surface area (Å²) in [4.78, 5) is 18.5. The molecule has 9 heteroatoms. The summed E-state index contributed by atoms with van der Waals surface area (Å²) in [6.07, 6.45) is 5.00. The standard InChI is InChI=1S/C10H16N8O/c1-17(5-6-19-2)9-13-8(16-11)14-10(15-9)18-4-3-12-7-18/h3-4,7H,5-6,11H2,1-2H3,(H,13,14,15,16). The maximum atomic E-state index is 5.37. The molecule has 9 nitrogen and oxygen atoms in total. The van der Waals surface area contributed by atoms with Crippen LogP contribution in [0.1, 0.15) is 0 Å². The highest BCUT2D eigenvalue weighted by Gasteiger charge is 2.10. The molecule has 0 fully saturated rings. The van der Waals surface area contributed by atoms with Gasteiger partial charge in [-0.3, -0.25) is 9.99 Å². The first-order valence-electron chi connectivity index (χ1n) is 5.65. The molecule has 2 aromatic heterocycles. The van der Waals surface area contributed by atoms with Gasteiger partial charge >= 0.3 is 0 Å². The fourth-order valence-electron chi connectivity index (χ4n) is 1.41. The molecule has 0 radical (unpaired) electrons. The number of nitrogens with zero attached hydrogens (tertiary/aromatic N) is 6. The number of methoxy groups -OCH3 is 1. The molecule has 0 saturated carbocycles. The Labute approximate surface area is 110 Å². The summed E-state index contributed by atoms with van der Waals surface area (Å²) in [6.45, 7) is 1.24. The number of ether oxygens (including phenoxy) is 1. The molecule has 0 amide bonds. The van der Waals surface area contributed by atoms with E-state index in [1.54, 1.807) is 30.4 Å². The van der Waals surface area contributed by atoms with Crippen LogP contribution in [-0.2, 0) is 4.74 Å². The quantitative estimate of drug-likeness (QED) is 0.527. The molecular formula is C10H16N8O. The lowest BCUT2D eigenvalue weighted by atomic mass is 10.6. The molecule has 3 N–H and O–H groups in total. The average Bonchev–Trinajstić information content (AvgIpc) is 2.98. The van der Waals surface area contributed by atoms with Crippen LogP contribution >= 0.6 is 0 Å². The van der Waals surface area contributed by atoms with Crippen molar-refractivity contribution in [2.24, 2.45) is 5.84 Å². The Hall–Kier alpha value is -2.26. The summed E-state index contributed by atoms with van der Waals surface area (Å²) in [5.41, 5.74) is 2.43. The van der Waals surface area contributed by atoms with Gasteiger partial charge in [-0.25, -0.2) is 10.8 Å². The van der Waals surface area contributed by atoms with Gasteiger partial charge < -0.3 is 9.64 Å². The van der Waals surface area contributed by atoms with Gasteiger partial charge in [-0.2, -0.15) is 15.0 Å². The summed E-state index contributed by atoms with van der Waals surface area (Å²) in [5.74, 6) is 6.61. The largest absolute Gasteiger partial charge is 0.383 e. The van der Waals surface area contributed by atoms with Crippen LogP contribution in [-0.4, -0.2) is 51.8 Å². The zero-order valence-corrected chi connectivity index (χ0v) is 10.8. The molecular weight excluding hydrogens is 248 g/mol. The molecule has 0 spiro atoms. The minimum absolute atomic E-state index is 0.290. The second-order valence-corrected chi connectivity index (χ2v) is 3.79. The number of aromatic nitrogens is 5. The zero-order chi connectivity index (χ0) is 13.7. The highest BCUT2D eigenvalue weighted by molar-refractivity contribution is 5.38. The van der Waals surface area contributed by atoms with Gasteiger partial charge in [-0.05, 0) is 0 Å². The van der Waals surface area contributed by atoms with E-state index in [1.165, 1.54) is 0 Å². The van der Waals surface area contributed by atoms with E-state index in [0.717, 1.165) is 0 Å². The average molecular weight is 264 g/mol. The Morgan fingerprint density at radius 2 is 2.26 bits per heavy atom. The van der Waals surface area contributed by atoms with Gasteiger partial charge in [0.05, 0.1) is 6.61 Å². The lowest BCUT2D eigenvalue weighted by Gasteiger charge is -2.17. The topological polar surface area (TPSA) is 107 Å². The Kier molecular flexibility index (Phi) is 4.21. The number of hydrogen-bond donors (Lipinski definition) is 2. The van der Waals surface area contributed by atoms with Gasteiger partial charge in [0, 0.05) is 33.1 Å². The lowest BCUT2D eigenvalue weighted by molar-refractivity contribution is 0.206. The minimum atomic E-state index is 0.290. The van der Waals surface area contributed by atoms with Crippen molar-refractivity contribution in [2.45, 2.75) is 0 Å². The highest BCUT2D eigenvalue weighted by Crippen LogP contribution is 2.11. The first-order valence-corrected chi connectivity index (χ1v) is 5.65. The summed E-state index contributed by atoms with van der Waals surface area (Å²) in [7, 11) is 3.51. The molecule has 0 bridgehead atoms. The minimum Gasteiger partial charge on any atom is -0.383 e. The molecule has 2 aromatic rings. The number of likely N-dealkylation sites (N-methyl/N-ethyl adjacent to an activating group) is 1. The van der Waals surface area contributed by atoms with Gasteiger partial charge in [-0.1, -0.05) is 0 Å². The zero-order valence-electron chi connectivity index (χ0n) is 10.8. The van der Waals surface area contributed by atoms with E-state index in [2.05, 4.69) is 25.4 Å². The third kappa shape index (κ3) is 3.14. The second-order valence-electron chi connectivity index (χ2n) is 3.79. The van der Waals surface area contributed by atoms with Crippen LogP contribution in [0.3, 0.4) is 0 Å². The Balaban J connectivity index is 2.31. The summed E-state index contributed by atoms with van der Waals surface area (Å²) in [5, 5.41) is 0. The summed E-state index contributed by atoms with van der Waals surface area (Å²) in [6, 6.07) is 0. The van der Waals surface area contributed by atoms with E-state index in [9.17, 15) is 0 Å². The van der Waals surface area contributed by atoms with E-state index in [4.69, 9.17) is 10.6 Å². The van der Waals surface area contributed by atoms with E-state index in [0.29, 0.717) is 25.0 Å². The summed E-state index contributed by atoms with van der Waals surface area (Å²) < 4.78 is 6.70. The fraction of sp³-hybridized carbons (Fsp3) is 0.400. The molecule has 0 aromatic carbocycles. The van der Waals surface area contributed by atoms with Crippen molar-refractivity contribution < 1.29 is 4.74 Å². The van der Waals surface area contributed by atoms with Crippen LogP contribution in [0.5, 0.6) is 0 Å². The van der Waals surface area contributed by atoms with Crippen LogP contribution in [0.25, 0.3) is 5.95 Å². The van der Waals surface area contributed by atoms with Crippen LogP contribution < -0.4 is 16.2 Å². The predicted octanol–water partition coefficient (Wildman–Crippen LogP) is -0.574. The van der Waals surface area contributed by atoms with Gasteiger partial charge in [0.25, 0.3) is 0 Å². The molecule has 0 aliphatic rings. The molecule has 0 aliphatic heterocycles. The van der Waals surface area contributed by atoms with Crippen molar-refractivity contribution >= 4 is 11.9 Å². The SMILES string of the molecule is COCCN(C)c1nc(NN)nc(-n2ccnc2)n1. The number of rotatable bonds is 6. The van der Waals surface area contributed by atoms with Gasteiger partial charge in [0.2, 0.25) is 17.8 Å². The number of nitrogens with one attached hydrogen (secondary N) is 1. The normalized spacial score (nSPS) is 10.5. The van der Waals surface area contributed by atoms with Crippen molar-refractivity contribution in [1.82, 2.24) is 24.5 Å². The monoisotopic (exact) mass is 264 g/mol. The molecule has 102 valence electrons. The Morgan fingerprint density at radius 3 is 2.89 bits per heavy atom. The molecule has 0 saturated heterocycles. The number of imidazole rings is 1. The fourth-order valence-corrected chi connectivity index (χ4v) is 1.41. The number of hydrazine groups is 1. The van der Waals surface area contributed by atoms with Crippen molar-refractivity contribution in [3.63, 3.8) is 0 Å². The highest BCUT2D eigenvalue weighted by atomic mass is 16.5. The number of nitrogens with two attached hydrogens (primary N) is 1.